The minimum absolute atomic E-state index is 0.148. The van der Waals surface area contributed by atoms with E-state index in [-0.39, 0.29) is 16.7 Å². The maximum Gasteiger partial charge on any atom is 0.202 e. The van der Waals surface area contributed by atoms with Crippen LogP contribution in [0.4, 0.5) is 5.69 Å². The quantitative estimate of drug-likeness (QED) is 0.163. The van der Waals surface area contributed by atoms with Gasteiger partial charge in [-0.3, -0.25) is 14.6 Å². The Bertz CT molecular complexity index is 944. The maximum atomic E-state index is 13.2. The Morgan fingerprint density at radius 1 is 0.759 bits per heavy atom. The van der Waals surface area contributed by atoms with Gasteiger partial charge in [0.15, 0.2) is 11.6 Å². The number of nitrogens with two attached hydrogens (primary N) is 2. The number of nitrogens with zero attached hydrogens (tertiary/aromatic N) is 2. The van der Waals surface area contributed by atoms with Gasteiger partial charge in [0.1, 0.15) is 5.25 Å². The highest BCUT2D eigenvalue weighted by atomic mass is 32.2. The van der Waals surface area contributed by atoms with E-state index in [1.807, 2.05) is 30.3 Å². The Morgan fingerprint density at radius 3 is 1.59 bits per heavy atom. The van der Waals surface area contributed by atoms with Crippen LogP contribution in [0.15, 0.2) is 96.1 Å². The second kappa shape index (κ2) is 9.68. The molecule has 3 aromatic rings. The summed E-state index contributed by atoms with van der Waals surface area (Å²) in [6.45, 7) is 0. The van der Waals surface area contributed by atoms with E-state index in [4.69, 9.17) is 11.7 Å². The van der Waals surface area contributed by atoms with Crippen LogP contribution >= 0.6 is 11.8 Å². The third-order valence-electron chi connectivity index (χ3n) is 4.17. The van der Waals surface area contributed by atoms with E-state index in [0.717, 1.165) is 11.8 Å². The molecular weight excluding hydrogens is 384 g/mol. The van der Waals surface area contributed by atoms with Crippen molar-refractivity contribution in [2.75, 3.05) is 5.01 Å². The van der Waals surface area contributed by atoms with E-state index >= 15 is 0 Å². The lowest BCUT2D eigenvalue weighted by Gasteiger charge is -2.22. The van der Waals surface area contributed by atoms with Gasteiger partial charge in [0.25, 0.3) is 0 Å². The molecule has 0 radical (unpaired) electrons. The molecule has 6 nitrogen and oxygen atoms in total. The zero-order valence-corrected chi connectivity index (χ0v) is 16.3. The van der Waals surface area contributed by atoms with E-state index in [1.165, 1.54) is 5.01 Å². The van der Waals surface area contributed by atoms with Crippen LogP contribution in [0.5, 0.6) is 0 Å². The number of hydrazone groups is 1. The Kier molecular flexibility index (Phi) is 6.78. The molecule has 0 heterocycles. The number of carbonyl (C=O) groups is 2. The Hall–Kier alpha value is -3.42. The molecule has 0 unspecified atom stereocenters. The number of hydrazine groups is 1. The predicted molar refractivity (Wildman–Crippen MR) is 118 cm³/mol. The zero-order valence-electron chi connectivity index (χ0n) is 15.5. The molecule has 0 saturated carbocycles. The lowest BCUT2D eigenvalue weighted by atomic mass is 10.0. The van der Waals surface area contributed by atoms with E-state index in [9.17, 15) is 9.59 Å². The Morgan fingerprint density at radius 2 is 1.17 bits per heavy atom. The number of hydrogen-bond donors (Lipinski definition) is 2. The number of hydrogen-bond acceptors (Lipinski definition) is 6. The molecule has 0 aliphatic rings. The molecule has 3 aromatic carbocycles. The van der Waals surface area contributed by atoms with E-state index in [2.05, 4.69) is 5.10 Å². The molecule has 0 saturated heterocycles. The number of thioether (sulfide) groups is 1. The van der Waals surface area contributed by atoms with Gasteiger partial charge in [-0.1, -0.05) is 90.6 Å². The standard InChI is InChI=1S/C22H20N4O2S/c23-25-22(26(24)18-14-8-3-9-15-18)29-21(19(27)16-10-4-1-5-11-16)20(28)17-12-6-2-7-13-17/h1-15,21H,23-24H2. The summed E-state index contributed by atoms with van der Waals surface area (Å²) in [5, 5.41) is 4.05. The summed E-state index contributed by atoms with van der Waals surface area (Å²) >= 11 is 0.925. The molecular formula is C22H20N4O2S. The van der Waals surface area contributed by atoms with E-state index in [0.29, 0.717) is 16.8 Å². The van der Waals surface area contributed by atoms with Crippen molar-refractivity contribution in [1.29, 1.82) is 0 Å². The lowest BCUT2D eigenvalue weighted by molar-refractivity contribution is 0.0904. The summed E-state index contributed by atoms with van der Waals surface area (Å²) in [4.78, 5) is 26.3. The third-order valence-corrected chi connectivity index (χ3v) is 5.34. The van der Waals surface area contributed by atoms with Crippen molar-refractivity contribution < 1.29 is 9.59 Å². The summed E-state index contributed by atoms with van der Waals surface area (Å²) < 4.78 is 0. The van der Waals surface area contributed by atoms with Gasteiger partial charge in [-0.2, -0.15) is 5.10 Å². The molecule has 29 heavy (non-hydrogen) atoms. The zero-order chi connectivity index (χ0) is 20.6. The first-order valence-corrected chi connectivity index (χ1v) is 9.72. The first-order chi connectivity index (χ1) is 14.1. The average molecular weight is 404 g/mol. The Labute approximate surface area is 173 Å². The van der Waals surface area contributed by atoms with Crippen LogP contribution in [0.25, 0.3) is 0 Å². The SMILES string of the molecule is NN=C(SC(C(=O)c1ccccc1)C(=O)c1ccccc1)N(N)c1ccccc1. The monoisotopic (exact) mass is 404 g/mol. The van der Waals surface area contributed by atoms with Gasteiger partial charge in [-0.05, 0) is 12.1 Å². The Balaban J connectivity index is 1.94. The van der Waals surface area contributed by atoms with Gasteiger partial charge in [0.2, 0.25) is 5.17 Å². The number of ketones is 2. The number of para-hydroxylation sites is 1. The number of Topliss-reactive ketones (excluding diaryl/α,β-unsaturated/α-hetero) is 2. The molecule has 3 rings (SSSR count). The fourth-order valence-corrected chi connectivity index (χ4v) is 3.66. The fourth-order valence-electron chi connectivity index (χ4n) is 2.69. The van der Waals surface area contributed by atoms with Gasteiger partial charge in [-0.25, -0.2) is 5.84 Å². The third kappa shape index (κ3) is 4.90. The molecule has 0 bridgehead atoms. The minimum atomic E-state index is -1.09. The van der Waals surface area contributed by atoms with Crippen molar-refractivity contribution in [2.45, 2.75) is 5.25 Å². The molecule has 0 atom stereocenters. The van der Waals surface area contributed by atoms with Gasteiger partial charge in [0.05, 0.1) is 5.69 Å². The highest BCUT2D eigenvalue weighted by Crippen LogP contribution is 2.25. The van der Waals surface area contributed by atoms with Crippen LogP contribution in [0.3, 0.4) is 0 Å². The molecule has 0 aliphatic carbocycles. The van der Waals surface area contributed by atoms with Crippen LogP contribution in [-0.4, -0.2) is 22.0 Å². The van der Waals surface area contributed by atoms with Crippen molar-refractivity contribution in [3.05, 3.63) is 102 Å². The summed E-state index contributed by atoms with van der Waals surface area (Å²) in [6.07, 6.45) is 0. The van der Waals surface area contributed by atoms with Crippen LogP contribution in [0.1, 0.15) is 20.7 Å². The second-order valence-electron chi connectivity index (χ2n) is 6.08. The maximum absolute atomic E-state index is 13.2. The summed E-state index contributed by atoms with van der Waals surface area (Å²) in [5.74, 6) is 11.0. The average Bonchev–Trinajstić information content (AvgIpc) is 2.80. The van der Waals surface area contributed by atoms with Crippen LogP contribution in [0, 0.1) is 0 Å². The second-order valence-corrected chi connectivity index (χ2v) is 7.15. The normalized spacial score (nSPS) is 11.3. The first-order valence-electron chi connectivity index (χ1n) is 8.84. The van der Waals surface area contributed by atoms with Crippen molar-refractivity contribution >= 4 is 34.2 Å². The van der Waals surface area contributed by atoms with Gasteiger partial charge in [0, 0.05) is 11.1 Å². The van der Waals surface area contributed by atoms with E-state index < -0.39 is 5.25 Å². The number of rotatable bonds is 6. The number of anilines is 1. The number of carbonyl (C=O) groups excluding carboxylic acids is 2. The molecule has 146 valence electrons. The van der Waals surface area contributed by atoms with Crippen LogP contribution in [0.2, 0.25) is 0 Å². The highest BCUT2D eigenvalue weighted by Gasteiger charge is 2.32. The number of benzene rings is 3. The van der Waals surface area contributed by atoms with Gasteiger partial charge >= 0.3 is 0 Å². The van der Waals surface area contributed by atoms with Gasteiger partial charge < -0.3 is 5.84 Å². The fraction of sp³-hybridized carbons (Fsp3) is 0.0455. The minimum Gasteiger partial charge on any atom is -0.321 e. The van der Waals surface area contributed by atoms with E-state index in [1.54, 1.807) is 60.7 Å². The van der Waals surface area contributed by atoms with Crippen molar-refractivity contribution in [1.82, 2.24) is 0 Å². The molecule has 7 heteroatoms. The topological polar surface area (TPSA) is 102 Å². The smallest absolute Gasteiger partial charge is 0.202 e. The molecule has 4 N–H and O–H groups in total. The summed E-state index contributed by atoms with van der Waals surface area (Å²) in [5.41, 5.74) is 1.48. The lowest BCUT2D eigenvalue weighted by Crippen LogP contribution is -2.40. The molecule has 0 aromatic heterocycles. The predicted octanol–water partition coefficient (Wildman–Crippen LogP) is 3.46. The van der Waals surface area contributed by atoms with Gasteiger partial charge in [-0.15, -0.1) is 0 Å². The molecule has 0 spiro atoms. The van der Waals surface area contributed by atoms with Crippen molar-refractivity contribution in [2.24, 2.45) is 16.8 Å². The van der Waals surface area contributed by atoms with Crippen LogP contribution in [-0.2, 0) is 0 Å². The van der Waals surface area contributed by atoms with Crippen molar-refractivity contribution in [3.63, 3.8) is 0 Å². The highest BCUT2D eigenvalue weighted by molar-refractivity contribution is 8.15. The van der Waals surface area contributed by atoms with Crippen molar-refractivity contribution in [3.8, 4) is 0 Å². The summed E-state index contributed by atoms with van der Waals surface area (Å²) in [7, 11) is 0. The molecule has 0 aliphatic heterocycles. The van der Waals surface area contributed by atoms with Crippen LogP contribution < -0.4 is 16.7 Å². The molecule has 0 fully saturated rings. The summed E-state index contributed by atoms with van der Waals surface area (Å²) in [6, 6.07) is 26.3. The first kappa shape index (κ1) is 20.3. The molecule has 0 amide bonds. The number of amidine groups is 1. The largest absolute Gasteiger partial charge is 0.321 e.